The van der Waals surface area contributed by atoms with Crippen molar-refractivity contribution in [3.8, 4) is 0 Å². The molecule has 1 aliphatic rings. The van der Waals surface area contributed by atoms with Crippen molar-refractivity contribution in [2.75, 3.05) is 26.2 Å². The molecule has 0 N–H and O–H groups in total. The highest BCUT2D eigenvalue weighted by molar-refractivity contribution is 5.78. The summed E-state index contributed by atoms with van der Waals surface area (Å²) in [5.41, 5.74) is 3.22. The zero-order valence-corrected chi connectivity index (χ0v) is 13.8. The molecule has 1 amide bonds. The lowest BCUT2D eigenvalue weighted by Gasteiger charge is -2.34. The van der Waals surface area contributed by atoms with Crippen LogP contribution in [0, 0.1) is 13.8 Å². The molecule has 0 aliphatic carbocycles. The molecule has 3 rings (SSSR count). The van der Waals surface area contributed by atoms with Gasteiger partial charge in [-0.25, -0.2) is 0 Å². The second kappa shape index (κ2) is 6.96. The summed E-state index contributed by atoms with van der Waals surface area (Å²) in [6, 6.07) is 9.94. The third-order valence-corrected chi connectivity index (χ3v) is 4.49. The van der Waals surface area contributed by atoms with Crippen LogP contribution in [0.1, 0.15) is 22.6 Å². The fourth-order valence-electron chi connectivity index (χ4n) is 2.99. The first-order valence-electron chi connectivity index (χ1n) is 8.09. The van der Waals surface area contributed by atoms with Gasteiger partial charge in [-0.3, -0.25) is 9.69 Å². The van der Waals surface area contributed by atoms with E-state index in [9.17, 15) is 4.79 Å². The predicted molar refractivity (Wildman–Crippen MR) is 88.0 cm³/mol. The summed E-state index contributed by atoms with van der Waals surface area (Å²) in [7, 11) is 0. The SMILES string of the molecule is Cc1noc(C)c1CN1CCN(C(=O)Cc2ccccc2)CC1. The Labute approximate surface area is 136 Å². The number of amides is 1. The molecule has 0 atom stereocenters. The Morgan fingerprint density at radius 2 is 1.83 bits per heavy atom. The highest BCUT2D eigenvalue weighted by Crippen LogP contribution is 2.16. The summed E-state index contributed by atoms with van der Waals surface area (Å²) in [4.78, 5) is 16.7. The Balaban J connectivity index is 1.51. The Hall–Kier alpha value is -2.14. The van der Waals surface area contributed by atoms with Crippen LogP contribution in [0.3, 0.4) is 0 Å². The van der Waals surface area contributed by atoms with Crippen LogP contribution >= 0.6 is 0 Å². The number of aromatic nitrogens is 1. The van der Waals surface area contributed by atoms with Crippen molar-refractivity contribution in [3.63, 3.8) is 0 Å². The minimum atomic E-state index is 0.216. The molecule has 1 aromatic carbocycles. The number of carbonyl (C=O) groups is 1. The van der Waals surface area contributed by atoms with Crippen molar-refractivity contribution in [2.24, 2.45) is 0 Å². The monoisotopic (exact) mass is 313 g/mol. The number of rotatable bonds is 4. The van der Waals surface area contributed by atoms with Crippen LogP contribution in [0.2, 0.25) is 0 Å². The third-order valence-electron chi connectivity index (χ3n) is 4.49. The number of aryl methyl sites for hydroxylation is 2. The van der Waals surface area contributed by atoms with E-state index in [4.69, 9.17) is 4.52 Å². The highest BCUT2D eigenvalue weighted by Gasteiger charge is 2.22. The Morgan fingerprint density at radius 3 is 2.43 bits per heavy atom. The van der Waals surface area contributed by atoms with Gasteiger partial charge in [-0.2, -0.15) is 0 Å². The molecular weight excluding hydrogens is 290 g/mol. The third kappa shape index (κ3) is 3.79. The van der Waals surface area contributed by atoms with E-state index in [2.05, 4.69) is 10.1 Å². The maximum absolute atomic E-state index is 12.4. The first-order chi connectivity index (χ1) is 11.1. The maximum Gasteiger partial charge on any atom is 0.227 e. The van der Waals surface area contributed by atoms with Crippen LogP contribution < -0.4 is 0 Å². The van der Waals surface area contributed by atoms with Gasteiger partial charge in [0.1, 0.15) is 5.76 Å². The van der Waals surface area contributed by atoms with Gasteiger partial charge in [0, 0.05) is 38.3 Å². The van der Waals surface area contributed by atoms with Gasteiger partial charge < -0.3 is 9.42 Å². The molecule has 2 aromatic rings. The van der Waals surface area contributed by atoms with E-state index >= 15 is 0 Å². The van der Waals surface area contributed by atoms with Crippen molar-refractivity contribution in [3.05, 3.63) is 52.9 Å². The minimum absolute atomic E-state index is 0.216. The number of carbonyl (C=O) groups excluding carboxylic acids is 1. The lowest BCUT2D eigenvalue weighted by Crippen LogP contribution is -2.48. The predicted octanol–water partition coefficient (Wildman–Crippen LogP) is 2.18. The normalized spacial score (nSPS) is 15.8. The number of hydrogen-bond donors (Lipinski definition) is 0. The van der Waals surface area contributed by atoms with Gasteiger partial charge in [0.15, 0.2) is 0 Å². The van der Waals surface area contributed by atoms with Crippen molar-refractivity contribution < 1.29 is 9.32 Å². The molecule has 1 saturated heterocycles. The second-order valence-electron chi connectivity index (χ2n) is 6.12. The van der Waals surface area contributed by atoms with Gasteiger partial charge in [-0.05, 0) is 19.4 Å². The zero-order valence-electron chi connectivity index (χ0n) is 13.8. The van der Waals surface area contributed by atoms with Crippen LogP contribution in [-0.4, -0.2) is 47.0 Å². The van der Waals surface area contributed by atoms with Crippen molar-refractivity contribution >= 4 is 5.91 Å². The minimum Gasteiger partial charge on any atom is -0.361 e. The molecule has 5 heteroatoms. The van der Waals surface area contributed by atoms with Crippen LogP contribution in [0.25, 0.3) is 0 Å². The molecule has 122 valence electrons. The molecule has 1 aliphatic heterocycles. The number of nitrogens with zero attached hydrogens (tertiary/aromatic N) is 3. The Kier molecular flexibility index (Phi) is 4.76. The van der Waals surface area contributed by atoms with Crippen LogP contribution in [0.4, 0.5) is 0 Å². The average molecular weight is 313 g/mol. The van der Waals surface area contributed by atoms with E-state index in [0.717, 1.165) is 49.7 Å². The fraction of sp³-hybridized carbons (Fsp3) is 0.444. The lowest BCUT2D eigenvalue weighted by molar-refractivity contribution is -0.132. The second-order valence-corrected chi connectivity index (χ2v) is 6.12. The highest BCUT2D eigenvalue weighted by atomic mass is 16.5. The molecule has 0 radical (unpaired) electrons. The fourth-order valence-corrected chi connectivity index (χ4v) is 2.99. The summed E-state index contributed by atoms with van der Waals surface area (Å²) in [6.45, 7) is 8.14. The molecule has 1 fully saturated rings. The quantitative estimate of drug-likeness (QED) is 0.868. The van der Waals surface area contributed by atoms with Crippen molar-refractivity contribution in [1.29, 1.82) is 0 Å². The average Bonchev–Trinajstić information content (AvgIpc) is 2.88. The molecule has 5 nitrogen and oxygen atoms in total. The number of hydrogen-bond acceptors (Lipinski definition) is 4. The van der Waals surface area contributed by atoms with Crippen LogP contribution in [0.15, 0.2) is 34.9 Å². The van der Waals surface area contributed by atoms with Gasteiger partial charge in [0.25, 0.3) is 0 Å². The van der Waals surface area contributed by atoms with E-state index < -0.39 is 0 Å². The van der Waals surface area contributed by atoms with Crippen LogP contribution in [-0.2, 0) is 17.8 Å². The van der Waals surface area contributed by atoms with Crippen molar-refractivity contribution in [2.45, 2.75) is 26.8 Å². The molecule has 0 unspecified atom stereocenters. The molecule has 0 saturated carbocycles. The van der Waals surface area contributed by atoms with Gasteiger partial charge in [-0.15, -0.1) is 0 Å². The lowest BCUT2D eigenvalue weighted by atomic mass is 10.1. The summed E-state index contributed by atoms with van der Waals surface area (Å²) in [5.74, 6) is 1.11. The van der Waals surface area contributed by atoms with E-state index in [0.29, 0.717) is 6.42 Å². The molecule has 0 spiro atoms. The van der Waals surface area contributed by atoms with Crippen LogP contribution in [0.5, 0.6) is 0 Å². The largest absolute Gasteiger partial charge is 0.361 e. The van der Waals surface area contributed by atoms with E-state index in [1.165, 1.54) is 5.56 Å². The summed E-state index contributed by atoms with van der Waals surface area (Å²) < 4.78 is 5.22. The Morgan fingerprint density at radius 1 is 1.13 bits per heavy atom. The summed E-state index contributed by atoms with van der Waals surface area (Å²) in [6.07, 6.45) is 0.491. The molecule has 23 heavy (non-hydrogen) atoms. The van der Waals surface area contributed by atoms with E-state index in [-0.39, 0.29) is 5.91 Å². The number of benzene rings is 1. The first-order valence-corrected chi connectivity index (χ1v) is 8.09. The van der Waals surface area contributed by atoms with E-state index in [1.807, 2.05) is 49.1 Å². The maximum atomic E-state index is 12.4. The van der Waals surface area contributed by atoms with Crippen molar-refractivity contribution in [1.82, 2.24) is 15.0 Å². The first kappa shape index (κ1) is 15.7. The summed E-state index contributed by atoms with van der Waals surface area (Å²) in [5, 5.41) is 4.01. The van der Waals surface area contributed by atoms with Gasteiger partial charge >= 0.3 is 0 Å². The number of piperazine rings is 1. The molecular formula is C18H23N3O2. The molecule has 0 bridgehead atoms. The zero-order chi connectivity index (χ0) is 16.2. The molecule has 1 aromatic heterocycles. The summed E-state index contributed by atoms with van der Waals surface area (Å²) >= 11 is 0. The smallest absolute Gasteiger partial charge is 0.227 e. The standard InChI is InChI=1S/C18H23N3O2/c1-14-17(15(2)23-19-14)13-20-8-10-21(11-9-20)18(22)12-16-6-4-3-5-7-16/h3-7H,8-13H2,1-2H3. The topological polar surface area (TPSA) is 49.6 Å². The van der Waals surface area contributed by atoms with Gasteiger partial charge in [0.05, 0.1) is 12.1 Å². The Bertz CT molecular complexity index is 639. The van der Waals surface area contributed by atoms with E-state index in [1.54, 1.807) is 0 Å². The van der Waals surface area contributed by atoms with Gasteiger partial charge in [-0.1, -0.05) is 35.5 Å². The molecule has 2 heterocycles. The van der Waals surface area contributed by atoms with Gasteiger partial charge in [0.2, 0.25) is 5.91 Å².